The summed E-state index contributed by atoms with van der Waals surface area (Å²) >= 11 is 0. The number of pyridine rings is 2. The van der Waals surface area contributed by atoms with Gasteiger partial charge in [0.05, 0.1) is 48.7 Å². The standard InChI is InChI=1S/C32H37N11O2/c1-44-30-4-3-22(12-37-30)16-42-24-9-25(42)18-39(17-24)29-15-35-28(14-36-29)27-10-26(19-43-31(27)23(11-33)13-38-43)45-8-7-40-6-2-5-32(40)20-41(34)21-32/h3-4,10,12-15,19,24-25H,2,5-9,16-18,20-21,34H2,1H3. The van der Waals surface area contributed by atoms with Crippen LogP contribution in [0.5, 0.6) is 11.6 Å². The molecule has 0 saturated carbocycles. The number of rotatable bonds is 9. The monoisotopic (exact) mass is 607 g/mol. The van der Waals surface area contributed by atoms with E-state index in [0.717, 1.165) is 57.2 Å². The number of anilines is 1. The quantitative estimate of drug-likeness (QED) is 0.278. The molecule has 5 aliphatic rings. The van der Waals surface area contributed by atoms with Crippen LogP contribution < -0.4 is 20.2 Å². The Hall–Kier alpha value is -4.35. The van der Waals surface area contributed by atoms with E-state index < -0.39 is 0 Å². The van der Waals surface area contributed by atoms with E-state index in [4.69, 9.17) is 25.3 Å². The summed E-state index contributed by atoms with van der Waals surface area (Å²) in [6.07, 6.45) is 12.5. The maximum absolute atomic E-state index is 9.80. The van der Waals surface area contributed by atoms with Crippen molar-refractivity contribution in [3.05, 3.63) is 60.3 Å². The molecule has 0 aliphatic carbocycles. The average Bonchev–Trinajstić information content (AvgIpc) is 3.68. The number of nitrogens with zero attached hydrogens (tertiary/aromatic N) is 10. The number of hydrogen-bond acceptors (Lipinski definition) is 12. The van der Waals surface area contributed by atoms with Gasteiger partial charge in [-0.05, 0) is 37.4 Å². The van der Waals surface area contributed by atoms with Gasteiger partial charge in [-0.3, -0.25) is 20.6 Å². The van der Waals surface area contributed by atoms with Gasteiger partial charge >= 0.3 is 0 Å². The molecule has 0 radical (unpaired) electrons. The first kappa shape index (κ1) is 28.1. The summed E-state index contributed by atoms with van der Waals surface area (Å²) in [6.45, 7) is 7.00. The predicted molar refractivity (Wildman–Crippen MR) is 166 cm³/mol. The number of aromatic nitrogens is 5. The zero-order valence-electron chi connectivity index (χ0n) is 25.4. The first-order valence-electron chi connectivity index (χ1n) is 15.6. The highest BCUT2D eigenvalue weighted by Gasteiger charge is 2.49. The number of hydrazine groups is 1. The molecule has 232 valence electrons. The Morgan fingerprint density at radius 2 is 1.96 bits per heavy atom. The molecule has 13 heteroatoms. The van der Waals surface area contributed by atoms with Crippen molar-refractivity contribution in [1.82, 2.24) is 39.4 Å². The molecule has 2 atom stereocenters. The molecule has 1 spiro atoms. The van der Waals surface area contributed by atoms with Crippen LogP contribution in [-0.4, -0.2) is 110 Å². The Kier molecular flexibility index (Phi) is 7.02. The maximum atomic E-state index is 9.80. The summed E-state index contributed by atoms with van der Waals surface area (Å²) in [6, 6.07) is 9.17. The lowest BCUT2D eigenvalue weighted by Gasteiger charge is -2.56. The van der Waals surface area contributed by atoms with Crippen LogP contribution in [0.1, 0.15) is 30.4 Å². The normalized spacial score (nSPS) is 22.7. The molecule has 9 rings (SSSR count). The van der Waals surface area contributed by atoms with Gasteiger partial charge in [0.25, 0.3) is 0 Å². The number of ether oxygens (including phenoxy) is 2. The molecule has 5 saturated heterocycles. The fourth-order valence-corrected chi connectivity index (χ4v) is 7.73. The first-order chi connectivity index (χ1) is 22.0. The number of piperazine rings is 1. The number of nitriles is 1. The van der Waals surface area contributed by atoms with Crippen molar-refractivity contribution in [1.29, 1.82) is 5.26 Å². The van der Waals surface area contributed by atoms with Gasteiger partial charge in [0, 0.05) is 74.7 Å². The molecule has 13 nitrogen and oxygen atoms in total. The van der Waals surface area contributed by atoms with E-state index in [2.05, 4.69) is 36.9 Å². The summed E-state index contributed by atoms with van der Waals surface area (Å²) < 4.78 is 13.2. The van der Waals surface area contributed by atoms with Crippen molar-refractivity contribution in [3.8, 4) is 29.0 Å². The van der Waals surface area contributed by atoms with Gasteiger partial charge in [0.2, 0.25) is 5.88 Å². The Morgan fingerprint density at radius 3 is 2.67 bits per heavy atom. The highest BCUT2D eigenvalue weighted by molar-refractivity contribution is 5.83. The third-order valence-corrected chi connectivity index (χ3v) is 10.0. The van der Waals surface area contributed by atoms with Crippen molar-refractivity contribution >= 4 is 11.3 Å². The summed E-state index contributed by atoms with van der Waals surface area (Å²) in [5, 5.41) is 16.1. The molecule has 45 heavy (non-hydrogen) atoms. The molecule has 4 aromatic heterocycles. The van der Waals surface area contributed by atoms with E-state index >= 15 is 0 Å². The van der Waals surface area contributed by atoms with E-state index in [0.29, 0.717) is 47.1 Å². The largest absolute Gasteiger partial charge is 0.491 e. The second kappa shape index (κ2) is 11.2. The van der Waals surface area contributed by atoms with Crippen molar-refractivity contribution in [2.24, 2.45) is 5.84 Å². The van der Waals surface area contributed by atoms with Crippen LogP contribution in [0.3, 0.4) is 0 Å². The van der Waals surface area contributed by atoms with Gasteiger partial charge in [-0.15, -0.1) is 0 Å². The van der Waals surface area contributed by atoms with Gasteiger partial charge in [-0.1, -0.05) is 6.07 Å². The summed E-state index contributed by atoms with van der Waals surface area (Å²) in [5.41, 5.74) is 4.04. The highest BCUT2D eigenvalue weighted by atomic mass is 16.5. The fraction of sp³-hybridized carbons (Fsp3) is 0.469. The molecule has 2 bridgehead atoms. The summed E-state index contributed by atoms with van der Waals surface area (Å²) in [7, 11) is 1.63. The molecule has 9 heterocycles. The maximum Gasteiger partial charge on any atom is 0.212 e. The van der Waals surface area contributed by atoms with Crippen LogP contribution in [0, 0.1) is 11.3 Å². The minimum Gasteiger partial charge on any atom is -0.491 e. The van der Waals surface area contributed by atoms with Crippen LogP contribution in [-0.2, 0) is 6.54 Å². The lowest BCUT2D eigenvalue weighted by molar-refractivity contribution is -0.0342. The summed E-state index contributed by atoms with van der Waals surface area (Å²) in [4.78, 5) is 21.4. The SMILES string of the molecule is COc1ccc(CN2C3CC2CN(c2cnc(-c4cc(OCCN5CCCC56CN(N)C6)cn5ncc(C#N)c45)cn2)C3)cn1. The van der Waals surface area contributed by atoms with Gasteiger partial charge in [-0.2, -0.15) is 10.4 Å². The lowest BCUT2D eigenvalue weighted by Crippen LogP contribution is -2.70. The molecular formula is C32H37N11O2. The van der Waals surface area contributed by atoms with E-state index in [1.54, 1.807) is 24.0 Å². The second-order valence-corrected chi connectivity index (χ2v) is 12.7. The van der Waals surface area contributed by atoms with E-state index in [1.807, 2.05) is 35.7 Å². The summed E-state index contributed by atoms with van der Waals surface area (Å²) in [5.74, 6) is 8.16. The minimum absolute atomic E-state index is 0.204. The number of likely N-dealkylation sites (tertiary alicyclic amines) is 1. The zero-order chi connectivity index (χ0) is 30.5. The number of nitrogens with two attached hydrogens (primary N) is 1. The topological polar surface area (TPSA) is 137 Å². The Labute approximate surface area is 261 Å². The van der Waals surface area contributed by atoms with Crippen molar-refractivity contribution in [2.45, 2.75) is 43.4 Å². The Balaban J connectivity index is 0.958. The smallest absolute Gasteiger partial charge is 0.212 e. The van der Waals surface area contributed by atoms with Crippen LogP contribution in [0.15, 0.2) is 49.2 Å². The molecular weight excluding hydrogens is 570 g/mol. The van der Waals surface area contributed by atoms with Crippen molar-refractivity contribution in [2.75, 3.05) is 57.9 Å². The van der Waals surface area contributed by atoms with Crippen LogP contribution in [0.4, 0.5) is 5.82 Å². The average molecular weight is 608 g/mol. The predicted octanol–water partition coefficient (Wildman–Crippen LogP) is 1.93. The van der Waals surface area contributed by atoms with Gasteiger partial charge < -0.3 is 14.4 Å². The molecule has 0 aromatic carbocycles. The second-order valence-electron chi connectivity index (χ2n) is 12.7. The Morgan fingerprint density at radius 1 is 1.09 bits per heavy atom. The highest BCUT2D eigenvalue weighted by Crippen LogP contribution is 2.37. The third kappa shape index (κ3) is 5.04. The molecule has 2 N–H and O–H groups in total. The third-order valence-electron chi connectivity index (χ3n) is 10.0. The number of hydrogen-bond donors (Lipinski definition) is 1. The van der Waals surface area contributed by atoms with E-state index in [-0.39, 0.29) is 5.54 Å². The molecule has 2 unspecified atom stereocenters. The van der Waals surface area contributed by atoms with Crippen molar-refractivity contribution in [3.63, 3.8) is 0 Å². The number of piperidine rings is 1. The first-order valence-corrected chi connectivity index (χ1v) is 15.6. The molecule has 5 fully saturated rings. The van der Waals surface area contributed by atoms with Crippen LogP contribution in [0.25, 0.3) is 16.8 Å². The van der Waals surface area contributed by atoms with Gasteiger partial charge in [-0.25, -0.2) is 19.5 Å². The van der Waals surface area contributed by atoms with Gasteiger partial charge in [0.15, 0.2) is 0 Å². The van der Waals surface area contributed by atoms with Crippen molar-refractivity contribution < 1.29 is 9.47 Å². The number of methoxy groups -OCH3 is 1. The van der Waals surface area contributed by atoms with Crippen LogP contribution >= 0.6 is 0 Å². The minimum atomic E-state index is 0.204. The van der Waals surface area contributed by atoms with Gasteiger partial charge in [0.1, 0.15) is 24.2 Å². The van der Waals surface area contributed by atoms with E-state index in [9.17, 15) is 5.26 Å². The van der Waals surface area contributed by atoms with Crippen LogP contribution in [0.2, 0.25) is 0 Å². The Bertz CT molecular complexity index is 1720. The lowest BCUT2D eigenvalue weighted by atomic mass is 9.87. The zero-order valence-corrected chi connectivity index (χ0v) is 25.4. The number of fused-ring (bicyclic) bond motifs is 3. The van der Waals surface area contributed by atoms with E-state index in [1.165, 1.54) is 24.8 Å². The molecule has 4 aromatic rings. The molecule has 0 amide bonds. The molecule has 5 aliphatic heterocycles. The fourth-order valence-electron chi connectivity index (χ4n) is 7.73.